The van der Waals surface area contributed by atoms with Gasteiger partial charge in [-0.25, -0.2) is 4.39 Å². The maximum absolute atomic E-state index is 13.3. The normalized spacial score (nSPS) is 10.8. The molecule has 0 radical (unpaired) electrons. The van der Waals surface area contributed by atoms with Gasteiger partial charge < -0.3 is 10.3 Å². The van der Waals surface area contributed by atoms with Crippen LogP contribution in [-0.4, -0.2) is 14.8 Å². The number of nitrogens with two attached hydrogens (primary N) is 1. The number of hydrogen-bond acceptors (Lipinski definition) is 4. The summed E-state index contributed by atoms with van der Waals surface area (Å²) < 4.78 is 15.2. The van der Waals surface area contributed by atoms with Crippen molar-refractivity contribution in [3.05, 3.63) is 35.4 Å². The van der Waals surface area contributed by atoms with E-state index in [4.69, 9.17) is 5.73 Å². The van der Waals surface area contributed by atoms with E-state index in [2.05, 4.69) is 10.2 Å². The smallest absolute Gasteiger partial charge is 0.195 e. The molecular weight excluding hydrogens is 239 g/mol. The molecule has 2 rings (SSSR count). The van der Waals surface area contributed by atoms with Gasteiger partial charge in [0.25, 0.3) is 0 Å². The Hall–Kier alpha value is -1.40. The molecule has 0 aliphatic heterocycles. The van der Waals surface area contributed by atoms with E-state index < -0.39 is 0 Å². The molecule has 0 saturated heterocycles. The highest BCUT2D eigenvalue weighted by Crippen LogP contribution is 2.27. The molecule has 0 aliphatic rings. The lowest BCUT2D eigenvalue weighted by atomic mass is 10.2. The Morgan fingerprint density at radius 3 is 2.71 bits per heavy atom. The van der Waals surface area contributed by atoms with Gasteiger partial charge in [0, 0.05) is 18.5 Å². The predicted molar refractivity (Wildman–Crippen MR) is 64.2 cm³/mol. The van der Waals surface area contributed by atoms with Crippen molar-refractivity contribution < 1.29 is 4.39 Å². The van der Waals surface area contributed by atoms with Crippen LogP contribution in [0.2, 0.25) is 0 Å². The topological polar surface area (TPSA) is 56.7 Å². The number of rotatable bonds is 3. The first-order chi connectivity index (χ1) is 8.10. The Kier molecular flexibility index (Phi) is 3.44. The van der Waals surface area contributed by atoms with E-state index in [9.17, 15) is 4.39 Å². The van der Waals surface area contributed by atoms with Gasteiger partial charge in [0.05, 0.1) is 0 Å². The summed E-state index contributed by atoms with van der Waals surface area (Å²) in [5.74, 6) is 0.539. The van der Waals surface area contributed by atoms with Crippen molar-refractivity contribution in [2.45, 2.75) is 23.5 Å². The summed E-state index contributed by atoms with van der Waals surface area (Å²) >= 11 is 1.37. The molecule has 1 aromatic heterocycles. The maximum Gasteiger partial charge on any atom is 0.195 e. The third kappa shape index (κ3) is 2.65. The number of nitrogens with zero attached hydrogens (tertiary/aromatic N) is 3. The summed E-state index contributed by atoms with van der Waals surface area (Å²) in [7, 11) is 1.88. The molecule has 0 atom stereocenters. The van der Waals surface area contributed by atoms with Crippen LogP contribution in [0.15, 0.2) is 28.3 Å². The SMILES string of the molecule is Cc1nnc(Sc2cc(F)cc(CN)c2)n1C. The fourth-order valence-corrected chi connectivity index (χ4v) is 2.32. The van der Waals surface area contributed by atoms with Gasteiger partial charge in [-0.3, -0.25) is 0 Å². The van der Waals surface area contributed by atoms with Crippen LogP contribution in [0, 0.1) is 12.7 Å². The molecule has 2 aromatic rings. The minimum atomic E-state index is -0.283. The Labute approximate surface area is 103 Å². The zero-order valence-electron chi connectivity index (χ0n) is 9.64. The molecule has 4 nitrogen and oxygen atoms in total. The van der Waals surface area contributed by atoms with Gasteiger partial charge in [0.1, 0.15) is 11.6 Å². The highest BCUT2D eigenvalue weighted by Gasteiger charge is 2.08. The first-order valence-electron chi connectivity index (χ1n) is 5.13. The lowest BCUT2D eigenvalue weighted by molar-refractivity contribution is 0.621. The largest absolute Gasteiger partial charge is 0.326 e. The Bertz CT molecular complexity index is 538. The summed E-state index contributed by atoms with van der Waals surface area (Å²) in [5.41, 5.74) is 6.28. The van der Waals surface area contributed by atoms with Crippen molar-refractivity contribution in [3.8, 4) is 0 Å². The fourth-order valence-electron chi connectivity index (χ4n) is 1.38. The molecule has 2 N–H and O–H groups in total. The molecule has 0 aliphatic carbocycles. The highest BCUT2D eigenvalue weighted by molar-refractivity contribution is 7.99. The first kappa shape index (κ1) is 12.1. The van der Waals surface area contributed by atoms with Gasteiger partial charge in [-0.2, -0.15) is 0 Å². The molecular formula is C11H13FN4S. The van der Waals surface area contributed by atoms with Crippen LogP contribution >= 0.6 is 11.8 Å². The summed E-state index contributed by atoms with van der Waals surface area (Å²) in [6, 6.07) is 4.76. The van der Waals surface area contributed by atoms with Crippen LogP contribution in [0.5, 0.6) is 0 Å². The second kappa shape index (κ2) is 4.85. The molecule has 6 heteroatoms. The third-order valence-electron chi connectivity index (χ3n) is 2.43. The molecule has 0 unspecified atom stereocenters. The minimum absolute atomic E-state index is 0.283. The summed E-state index contributed by atoms with van der Waals surface area (Å²) in [5, 5.41) is 8.70. The lowest BCUT2D eigenvalue weighted by Gasteiger charge is -2.04. The predicted octanol–water partition coefficient (Wildman–Crippen LogP) is 1.87. The fraction of sp³-hybridized carbons (Fsp3) is 0.273. The second-order valence-corrected chi connectivity index (χ2v) is 4.73. The number of benzene rings is 1. The van der Waals surface area contributed by atoms with Crippen molar-refractivity contribution in [3.63, 3.8) is 0 Å². The number of aryl methyl sites for hydroxylation is 1. The van der Waals surface area contributed by atoms with E-state index in [1.54, 1.807) is 0 Å². The van der Waals surface area contributed by atoms with E-state index in [0.29, 0.717) is 6.54 Å². The molecule has 0 amide bonds. The molecule has 0 fully saturated rings. The van der Waals surface area contributed by atoms with E-state index in [1.165, 1.54) is 23.9 Å². The molecule has 0 bridgehead atoms. The van der Waals surface area contributed by atoms with Crippen LogP contribution in [0.25, 0.3) is 0 Å². The van der Waals surface area contributed by atoms with Crippen molar-refractivity contribution in [1.29, 1.82) is 0 Å². The molecule has 1 heterocycles. The van der Waals surface area contributed by atoms with Crippen molar-refractivity contribution in [1.82, 2.24) is 14.8 Å². The first-order valence-corrected chi connectivity index (χ1v) is 5.95. The van der Waals surface area contributed by atoms with Gasteiger partial charge in [-0.15, -0.1) is 10.2 Å². The number of halogens is 1. The average molecular weight is 252 g/mol. The third-order valence-corrected chi connectivity index (χ3v) is 3.44. The minimum Gasteiger partial charge on any atom is -0.326 e. The Balaban J connectivity index is 2.29. The molecule has 90 valence electrons. The number of aromatic nitrogens is 3. The molecule has 1 aromatic carbocycles. The summed E-state index contributed by atoms with van der Waals surface area (Å²) in [4.78, 5) is 0.779. The molecule has 17 heavy (non-hydrogen) atoms. The summed E-state index contributed by atoms with van der Waals surface area (Å²) in [6.45, 7) is 2.19. The Morgan fingerprint density at radius 2 is 2.12 bits per heavy atom. The standard InChI is InChI=1S/C11H13FN4S/c1-7-14-15-11(16(7)2)17-10-4-8(6-13)3-9(12)5-10/h3-5H,6,13H2,1-2H3. The van der Waals surface area contributed by atoms with Crippen LogP contribution in [-0.2, 0) is 13.6 Å². The zero-order chi connectivity index (χ0) is 12.4. The van der Waals surface area contributed by atoms with Crippen molar-refractivity contribution in [2.75, 3.05) is 0 Å². The van der Waals surface area contributed by atoms with E-state index >= 15 is 0 Å². The molecule has 0 saturated carbocycles. The van der Waals surface area contributed by atoms with Gasteiger partial charge in [-0.1, -0.05) is 0 Å². The molecule has 0 spiro atoms. The van der Waals surface area contributed by atoms with Crippen LogP contribution in [0.1, 0.15) is 11.4 Å². The van der Waals surface area contributed by atoms with Gasteiger partial charge in [-0.05, 0) is 42.4 Å². The number of hydrogen-bond donors (Lipinski definition) is 1. The van der Waals surface area contributed by atoms with Crippen LogP contribution in [0.3, 0.4) is 0 Å². The zero-order valence-corrected chi connectivity index (χ0v) is 10.5. The van der Waals surface area contributed by atoms with Gasteiger partial charge in [0.15, 0.2) is 5.16 Å². The summed E-state index contributed by atoms with van der Waals surface area (Å²) in [6.07, 6.45) is 0. The highest BCUT2D eigenvalue weighted by atomic mass is 32.2. The Morgan fingerprint density at radius 1 is 1.35 bits per heavy atom. The average Bonchev–Trinajstić information content (AvgIpc) is 2.60. The van der Waals surface area contributed by atoms with E-state index in [0.717, 1.165) is 21.4 Å². The quantitative estimate of drug-likeness (QED) is 0.906. The van der Waals surface area contributed by atoms with Gasteiger partial charge in [0.2, 0.25) is 0 Å². The van der Waals surface area contributed by atoms with E-state index in [-0.39, 0.29) is 5.82 Å². The monoisotopic (exact) mass is 252 g/mol. The van der Waals surface area contributed by atoms with Crippen molar-refractivity contribution >= 4 is 11.8 Å². The van der Waals surface area contributed by atoms with Crippen molar-refractivity contribution in [2.24, 2.45) is 12.8 Å². The van der Waals surface area contributed by atoms with Gasteiger partial charge >= 0.3 is 0 Å². The second-order valence-electron chi connectivity index (χ2n) is 3.69. The van der Waals surface area contributed by atoms with Crippen LogP contribution in [0.4, 0.5) is 4.39 Å². The lowest BCUT2D eigenvalue weighted by Crippen LogP contribution is -1.98. The maximum atomic E-state index is 13.3. The van der Waals surface area contributed by atoms with E-state index in [1.807, 2.05) is 24.6 Å². The van der Waals surface area contributed by atoms with Crippen LogP contribution < -0.4 is 5.73 Å².